The molecule has 6 nitrogen and oxygen atoms in total. The lowest BCUT2D eigenvalue weighted by atomic mass is 9.94. The number of aliphatic hydroxyl groups is 1. The monoisotopic (exact) mass is 396 g/mol. The number of hydrogen-bond donors (Lipinski definition) is 3. The highest BCUT2D eigenvalue weighted by Gasteiger charge is 2.37. The Morgan fingerprint density at radius 3 is 2.48 bits per heavy atom. The van der Waals surface area contributed by atoms with E-state index in [-0.39, 0.29) is 16.8 Å². The highest BCUT2D eigenvalue weighted by molar-refractivity contribution is 7.85. The smallest absolute Gasteiger partial charge is 0.369 e. The molecule has 1 atom stereocenters. The van der Waals surface area contributed by atoms with Crippen molar-refractivity contribution in [1.82, 2.24) is 5.32 Å². The molecule has 0 bridgehead atoms. The summed E-state index contributed by atoms with van der Waals surface area (Å²) in [4.78, 5) is -1.27. The molecule has 1 aliphatic heterocycles. The van der Waals surface area contributed by atoms with E-state index >= 15 is 0 Å². The van der Waals surface area contributed by atoms with E-state index in [4.69, 9.17) is 4.55 Å². The van der Waals surface area contributed by atoms with Crippen LogP contribution in [0.5, 0.6) is 0 Å². The minimum absolute atomic E-state index is 0.0603. The van der Waals surface area contributed by atoms with Gasteiger partial charge in [0, 0.05) is 16.8 Å². The van der Waals surface area contributed by atoms with E-state index in [1.54, 1.807) is 12.1 Å². The third-order valence-electron chi connectivity index (χ3n) is 4.01. The van der Waals surface area contributed by atoms with Gasteiger partial charge in [0.05, 0.1) is 17.2 Å². The van der Waals surface area contributed by atoms with E-state index in [0.717, 1.165) is 6.07 Å². The summed E-state index contributed by atoms with van der Waals surface area (Å²) in [5, 5.41) is 22.0. The molecular weight excluding hydrogens is 385 g/mol. The van der Waals surface area contributed by atoms with Gasteiger partial charge in [-0.15, -0.1) is 0 Å². The zero-order valence-corrected chi connectivity index (χ0v) is 14.1. The Kier molecular flexibility index (Phi) is 4.47. The minimum atomic E-state index is -5.09. The largest absolute Gasteiger partial charge is 0.417 e. The molecule has 0 saturated heterocycles. The summed E-state index contributed by atoms with van der Waals surface area (Å²) in [5.74, 6) is 0. The molecule has 10 heteroatoms. The number of alkyl halides is 3. The lowest BCUT2D eigenvalue weighted by molar-refractivity contribution is -0.140. The SMILES string of the molecule is N#Cc1cccc2c1C=C(c1ccc(S(=O)(=O)O)c(C(F)(F)F)c1)NC2O. The van der Waals surface area contributed by atoms with Crippen LogP contribution >= 0.6 is 0 Å². The van der Waals surface area contributed by atoms with Crippen LogP contribution in [0, 0.1) is 11.3 Å². The number of rotatable bonds is 2. The first-order valence-corrected chi connectivity index (χ1v) is 8.85. The molecule has 3 N–H and O–H groups in total. The van der Waals surface area contributed by atoms with Gasteiger partial charge in [-0.3, -0.25) is 4.55 Å². The van der Waals surface area contributed by atoms with Gasteiger partial charge >= 0.3 is 6.18 Å². The summed E-state index contributed by atoms with van der Waals surface area (Å²) < 4.78 is 71.3. The summed E-state index contributed by atoms with van der Waals surface area (Å²) in [5.41, 5.74) is -0.621. The van der Waals surface area contributed by atoms with Gasteiger partial charge in [-0.25, -0.2) is 0 Å². The second-order valence-corrected chi connectivity index (χ2v) is 7.10. The van der Waals surface area contributed by atoms with Gasteiger partial charge in [0.25, 0.3) is 10.1 Å². The molecule has 0 amide bonds. The van der Waals surface area contributed by atoms with Crippen LogP contribution in [0.3, 0.4) is 0 Å². The lowest BCUT2D eigenvalue weighted by Gasteiger charge is -2.25. The van der Waals surface area contributed by atoms with Gasteiger partial charge in [-0.2, -0.15) is 26.9 Å². The van der Waals surface area contributed by atoms with Crippen molar-refractivity contribution in [3.8, 4) is 6.07 Å². The predicted octanol–water partition coefficient (Wildman–Crippen LogP) is 2.92. The zero-order valence-electron chi connectivity index (χ0n) is 13.3. The Morgan fingerprint density at radius 2 is 1.89 bits per heavy atom. The number of halogens is 3. The summed E-state index contributed by atoms with van der Waals surface area (Å²) in [7, 11) is -5.09. The second-order valence-electron chi connectivity index (χ2n) is 5.71. The zero-order chi connectivity index (χ0) is 20.0. The van der Waals surface area contributed by atoms with Crippen molar-refractivity contribution in [2.45, 2.75) is 17.3 Å². The third-order valence-corrected chi connectivity index (χ3v) is 4.92. The quantitative estimate of drug-likeness (QED) is 0.674. The van der Waals surface area contributed by atoms with Crippen molar-refractivity contribution in [2.75, 3.05) is 0 Å². The Morgan fingerprint density at radius 1 is 1.19 bits per heavy atom. The summed E-state index contributed by atoms with van der Waals surface area (Å²) in [6, 6.07) is 8.79. The lowest BCUT2D eigenvalue weighted by Crippen LogP contribution is -2.24. The molecule has 0 fully saturated rings. The molecule has 0 aliphatic carbocycles. The fourth-order valence-corrected chi connectivity index (χ4v) is 3.49. The van der Waals surface area contributed by atoms with Crippen LogP contribution in [0.4, 0.5) is 13.2 Å². The molecule has 1 heterocycles. The van der Waals surface area contributed by atoms with Gasteiger partial charge in [0.15, 0.2) is 6.23 Å². The predicted molar refractivity (Wildman–Crippen MR) is 88.4 cm³/mol. The summed E-state index contributed by atoms with van der Waals surface area (Å²) in [6.45, 7) is 0. The van der Waals surface area contributed by atoms with E-state index in [1.165, 1.54) is 12.1 Å². The first-order chi connectivity index (χ1) is 12.5. The fraction of sp³-hybridized carbons (Fsp3) is 0.118. The molecule has 27 heavy (non-hydrogen) atoms. The molecule has 0 saturated carbocycles. The summed E-state index contributed by atoms with van der Waals surface area (Å²) >= 11 is 0. The Hall–Kier alpha value is -2.87. The topological polar surface area (TPSA) is 110 Å². The molecular formula is C17H11F3N2O4S. The van der Waals surface area contributed by atoms with Crippen molar-refractivity contribution in [2.24, 2.45) is 0 Å². The number of benzene rings is 2. The van der Waals surface area contributed by atoms with Gasteiger partial charge in [0.1, 0.15) is 4.90 Å². The average molecular weight is 396 g/mol. The molecule has 2 aromatic rings. The Balaban J connectivity index is 2.21. The summed E-state index contributed by atoms with van der Waals surface area (Å²) in [6.07, 6.45) is -4.92. The molecule has 0 aromatic heterocycles. The number of fused-ring (bicyclic) bond motifs is 1. The molecule has 1 unspecified atom stereocenters. The Bertz CT molecular complexity index is 1100. The van der Waals surface area contributed by atoms with E-state index in [1.807, 2.05) is 6.07 Å². The molecule has 2 aromatic carbocycles. The van der Waals surface area contributed by atoms with Gasteiger partial charge < -0.3 is 10.4 Å². The molecule has 1 aliphatic rings. The van der Waals surface area contributed by atoms with Crippen LogP contribution in [0.25, 0.3) is 11.8 Å². The maximum Gasteiger partial charge on any atom is 0.417 e. The van der Waals surface area contributed by atoms with Gasteiger partial charge in [0.2, 0.25) is 0 Å². The minimum Gasteiger partial charge on any atom is -0.369 e. The van der Waals surface area contributed by atoms with Crippen molar-refractivity contribution in [3.63, 3.8) is 0 Å². The van der Waals surface area contributed by atoms with Crippen molar-refractivity contribution < 1.29 is 31.2 Å². The molecule has 0 spiro atoms. The highest BCUT2D eigenvalue weighted by Crippen LogP contribution is 2.37. The van der Waals surface area contributed by atoms with Gasteiger partial charge in [-0.1, -0.05) is 18.2 Å². The van der Waals surface area contributed by atoms with Crippen molar-refractivity contribution in [1.29, 1.82) is 5.26 Å². The highest BCUT2D eigenvalue weighted by atomic mass is 32.2. The molecule has 3 rings (SSSR count). The molecule has 0 radical (unpaired) electrons. The Labute approximate surface area is 151 Å². The average Bonchev–Trinajstić information content (AvgIpc) is 2.59. The van der Waals surface area contributed by atoms with Gasteiger partial charge in [-0.05, 0) is 29.8 Å². The number of aliphatic hydroxyl groups excluding tert-OH is 1. The normalized spacial score (nSPS) is 16.7. The van der Waals surface area contributed by atoms with Crippen LogP contribution in [0.1, 0.15) is 34.0 Å². The first kappa shape index (κ1) is 18.9. The number of nitriles is 1. The number of nitrogens with zero attached hydrogens (tertiary/aromatic N) is 1. The van der Waals surface area contributed by atoms with Crippen LogP contribution in [-0.2, 0) is 16.3 Å². The van der Waals surface area contributed by atoms with Crippen LogP contribution < -0.4 is 5.32 Å². The third kappa shape index (κ3) is 3.52. The van der Waals surface area contributed by atoms with E-state index < -0.39 is 33.0 Å². The maximum absolute atomic E-state index is 13.3. The van der Waals surface area contributed by atoms with E-state index in [2.05, 4.69) is 5.32 Å². The van der Waals surface area contributed by atoms with Crippen LogP contribution in [0.2, 0.25) is 0 Å². The van der Waals surface area contributed by atoms with E-state index in [9.17, 15) is 32.0 Å². The fourth-order valence-electron chi connectivity index (χ4n) is 2.80. The number of nitrogens with one attached hydrogen (secondary N) is 1. The first-order valence-electron chi connectivity index (χ1n) is 7.41. The van der Waals surface area contributed by atoms with Crippen LogP contribution in [-0.4, -0.2) is 18.1 Å². The number of hydrogen-bond acceptors (Lipinski definition) is 5. The maximum atomic E-state index is 13.3. The second kappa shape index (κ2) is 6.38. The standard InChI is InChI=1S/C17H11F3N2O4S/c18-17(19,20)13-6-9(4-5-15(13)27(24,25)26)14-7-12-10(8-21)2-1-3-11(12)16(23)22-14/h1-7,16,22-23H,(H,24,25,26). The molecule has 140 valence electrons. The van der Waals surface area contributed by atoms with Crippen molar-refractivity contribution >= 4 is 21.9 Å². The van der Waals surface area contributed by atoms with E-state index in [0.29, 0.717) is 23.3 Å². The van der Waals surface area contributed by atoms with Crippen LogP contribution in [0.15, 0.2) is 41.3 Å². The van der Waals surface area contributed by atoms with Crippen molar-refractivity contribution in [3.05, 3.63) is 64.2 Å².